The van der Waals surface area contributed by atoms with E-state index in [0.29, 0.717) is 34.7 Å². The van der Waals surface area contributed by atoms with Crippen LogP contribution in [0.5, 0.6) is 11.5 Å². The van der Waals surface area contributed by atoms with Gasteiger partial charge in [-0.25, -0.2) is 9.40 Å². The molecule has 2 amide bonds. The number of benzene rings is 2. The van der Waals surface area contributed by atoms with Crippen LogP contribution >= 0.6 is 11.3 Å². The first kappa shape index (κ1) is 21.8. The molecule has 0 bridgehead atoms. The number of hydrazone groups is 1. The molecule has 0 fully saturated rings. The number of ether oxygens (including phenoxy) is 2. The number of halogens is 1. The Morgan fingerprint density at radius 2 is 1.97 bits per heavy atom. The highest BCUT2D eigenvalue weighted by Crippen LogP contribution is 2.30. The Balaban J connectivity index is 1.46. The fourth-order valence-corrected chi connectivity index (χ4v) is 4.44. The summed E-state index contributed by atoms with van der Waals surface area (Å²) in [6.07, 6.45) is 1.43. The minimum Gasteiger partial charge on any atom is -0.493 e. The Kier molecular flexibility index (Phi) is 6.36. The van der Waals surface area contributed by atoms with Crippen LogP contribution < -0.4 is 14.8 Å². The van der Waals surface area contributed by atoms with Crippen LogP contribution in [0.1, 0.15) is 28.8 Å². The minimum atomic E-state index is -0.404. The summed E-state index contributed by atoms with van der Waals surface area (Å²) in [6, 6.07) is 9.78. The Labute approximate surface area is 188 Å². The maximum atomic E-state index is 14.0. The van der Waals surface area contributed by atoms with E-state index in [9.17, 15) is 14.0 Å². The fourth-order valence-electron chi connectivity index (χ4n) is 3.62. The summed E-state index contributed by atoms with van der Waals surface area (Å²) >= 11 is 1.34. The second-order valence-electron chi connectivity index (χ2n) is 7.18. The first-order chi connectivity index (χ1) is 15.5. The summed E-state index contributed by atoms with van der Waals surface area (Å²) in [5.41, 5.74) is 1.91. The van der Waals surface area contributed by atoms with Gasteiger partial charge in [-0.3, -0.25) is 9.59 Å². The van der Waals surface area contributed by atoms with Crippen LogP contribution in [0.25, 0.3) is 10.1 Å². The van der Waals surface area contributed by atoms with Crippen LogP contribution in [-0.4, -0.2) is 49.8 Å². The molecule has 4 rings (SSSR count). The van der Waals surface area contributed by atoms with Crippen molar-refractivity contribution in [2.45, 2.75) is 12.8 Å². The number of hydrogen-bond acceptors (Lipinski definition) is 6. The standard InChI is InChI=1S/C23H22FN3O4S/c1-30-19-8-5-14(12-20(19)31-2)23(29)25-13-21(28)27-10-3-4-18(26-27)15-6-7-17(24)22-16(15)9-11-32-22/h5-9,11-12H,3-4,10,13H2,1-2H3,(H,25,29). The molecule has 1 aromatic heterocycles. The summed E-state index contributed by atoms with van der Waals surface area (Å²) in [6.45, 7) is 0.268. The maximum Gasteiger partial charge on any atom is 0.262 e. The molecule has 0 spiro atoms. The van der Waals surface area contributed by atoms with Gasteiger partial charge in [0.15, 0.2) is 11.5 Å². The zero-order valence-corrected chi connectivity index (χ0v) is 18.5. The molecule has 0 unspecified atom stereocenters. The van der Waals surface area contributed by atoms with Gasteiger partial charge in [-0.1, -0.05) is 0 Å². The minimum absolute atomic E-state index is 0.193. The Morgan fingerprint density at radius 3 is 2.75 bits per heavy atom. The third kappa shape index (κ3) is 4.29. The van der Waals surface area contributed by atoms with Gasteiger partial charge in [0.25, 0.3) is 11.8 Å². The number of thiophene rings is 1. The molecule has 2 heterocycles. The summed E-state index contributed by atoms with van der Waals surface area (Å²) in [7, 11) is 3.00. The number of hydrogen-bond donors (Lipinski definition) is 1. The van der Waals surface area contributed by atoms with Crippen LogP contribution in [0.15, 0.2) is 46.9 Å². The van der Waals surface area contributed by atoms with Gasteiger partial charge in [-0.15, -0.1) is 11.3 Å². The third-order valence-corrected chi connectivity index (χ3v) is 6.16. The fraction of sp³-hybridized carbons (Fsp3) is 0.261. The van der Waals surface area contributed by atoms with Crippen molar-refractivity contribution in [2.75, 3.05) is 27.3 Å². The smallest absolute Gasteiger partial charge is 0.262 e. The van der Waals surface area contributed by atoms with E-state index >= 15 is 0 Å². The van der Waals surface area contributed by atoms with Gasteiger partial charge in [-0.2, -0.15) is 5.10 Å². The van der Waals surface area contributed by atoms with Gasteiger partial charge in [0.1, 0.15) is 5.82 Å². The number of amides is 2. The zero-order chi connectivity index (χ0) is 22.7. The van der Waals surface area contributed by atoms with Crippen LogP contribution in [0, 0.1) is 5.82 Å². The molecule has 166 valence electrons. The van der Waals surface area contributed by atoms with Gasteiger partial charge in [0.2, 0.25) is 0 Å². The normalized spacial score (nSPS) is 13.6. The predicted octanol–water partition coefficient (Wildman–Crippen LogP) is 3.81. The predicted molar refractivity (Wildman–Crippen MR) is 121 cm³/mol. The molecular formula is C23H22FN3O4S. The van der Waals surface area contributed by atoms with Gasteiger partial charge < -0.3 is 14.8 Å². The second-order valence-corrected chi connectivity index (χ2v) is 8.09. The highest BCUT2D eigenvalue weighted by atomic mass is 32.1. The summed E-state index contributed by atoms with van der Waals surface area (Å²) in [5, 5.41) is 11.1. The SMILES string of the molecule is COc1ccc(C(=O)NCC(=O)N2CCCC(c3ccc(F)c4sccc34)=N2)cc1OC. The number of carbonyl (C=O) groups is 2. The Bertz CT molecular complexity index is 1210. The van der Waals surface area contributed by atoms with Crippen molar-refractivity contribution in [1.82, 2.24) is 10.3 Å². The lowest BCUT2D eigenvalue weighted by Gasteiger charge is -2.24. The van der Waals surface area contributed by atoms with E-state index in [1.807, 2.05) is 11.4 Å². The van der Waals surface area contributed by atoms with Crippen LogP contribution in [-0.2, 0) is 4.79 Å². The average Bonchev–Trinajstić information content (AvgIpc) is 3.33. The molecule has 0 radical (unpaired) electrons. The van der Waals surface area contributed by atoms with Crippen molar-refractivity contribution >= 4 is 38.9 Å². The number of nitrogens with one attached hydrogen (secondary N) is 1. The number of rotatable bonds is 6. The van der Waals surface area contributed by atoms with E-state index in [0.717, 1.165) is 23.1 Å². The quantitative estimate of drug-likeness (QED) is 0.613. The molecule has 0 aliphatic carbocycles. The molecular weight excluding hydrogens is 433 g/mol. The number of methoxy groups -OCH3 is 2. The van der Waals surface area contributed by atoms with E-state index in [1.165, 1.54) is 36.6 Å². The Morgan fingerprint density at radius 1 is 1.16 bits per heavy atom. The van der Waals surface area contributed by atoms with Gasteiger partial charge in [0, 0.05) is 23.1 Å². The number of nitrogens with zero attached hydrogens (tertiary/aromatic N) is 2. The molecule has 1 aliphatic rings. The average molecular weight is 456 g/mol. The molecule has 0 atom stereocenters. The number of fused-ring (bicyclic) bond motifs is 1. The summed E-state index contributed by atoms with van der Waals surface area (Å²) in [5.74, 6) is -0.0497. The second kappa shape index (κ2) is 9.35. The lowest BCUT2D eigenvalue weighted by atomic mass is 10.0. The molecule has 1 aliphatic heterocycles. The first-order valence-electron chi connectivity index (χ1n) is 10.1. The topological polar surface area (TPSA) is 80.2 Å². The molecule has 3 aromatic rings. The molecule has 0 saturated carbocycles. The van der Waals surface area contributed by atoms with Gasteiger partial charge in [0.05, 0.1) is 31.2 Å². The highest BCUT2D eigenvalue weighted by Gasteiger charge is 2.22. The highest BCUT2D eigenvalue weighted by molar-refractivity contribution is 7.17. The van der Waals surface area contributed by atoms with Crippen molar-refractivity contribution in [3.8, 4) is 11.5 Å². The van der Waals surface area contributed by atoms with Crippen LogP contribution in [0.2, 0.25) is 0 Å². The molecule has 0 saturated heterocycles. The monoisotopic (exact) mass is 455 g/mol. The van der Waals surface area contributed by atoms with Crippen molar-refractivity contribution < 1.29 is 23.5 Å². The number of carbonyl (C=O) groups excluding carboxylic acids is 2. The Hall–Kier alpha value is -3.46. The third-order valence-electron chi connectivity index (χ3n) is 5.24. The lowest BCUT2D eigenvalue weighted by molar-refractivity contribution is -0.130. The molecule has 1 N–H and O–H groups in total. The van der Waals surface area contributed by atoms with Gasteiger partial charge >= 0.3 is 0 Å². The molecule has 9 heteroatoms. The maximum absolute atomic E-state index is 14.0. The van der Waals surface area contributed by atoms with Gasteiger partial charge in [-0.05, 0) is 54.6 Å². The molecule has 32 heavy (non-hydrogen) atoms. The zero-order valence-electron chi connectivity index (χ0n) is 17.7. The van der Waals surface area contributed by atoms with Crippen molar-refractivity contribution in [3.05, 3.63) is 58.7 Å². The van der Waals surface area contributed by atoms with E-state index < -0.39 is 5.91 Å². The first-order valence-corrected chi connectivity index (χ1v) is 10.9. The van der Waals surface area contributed by atoms with Crippen molar-refractivity contribution in [3.63, 3.8) is 0 Å². The molecule has 7 nitrogen and oxygen atoms in total. The summed E-state index contributed by atoms with van der Waals surface area (Å²) < 4.78 is 25.0. The molecule has 2 aromatic carbocycles. The van der Waals surface area contributed by atoms with Crippen LogP contribution in [0.4, 0.5) is 4.39 Å². The van der Waals surface area contributed by atoms with E-state index in [1.54, 1.807) is 24.3 Å². The largest absolute Gasteiger partial charge is 0.493 e. The van der Waals surface area contributed by atoms with Crippen molar-refractivity contribution in [2.24, 2.45) is 5.10 Å². The lowest BCUT2D eigenvalue weighted by Crippen LogP contribution is -2.40. The van der Waals surface area contributed by atoms with E-state index in [2.05, 4.69) is 10.4 Å². The van der Waals surface area contributed by atoms with E-state index in [4.69, 9.17) is 9.47 Å². The van der Waals surface area contributed by atoms with Crippen LogP contribution in [0.3, 0.4) is 0 Å². The van der Waals surface area contributed by atoms with Crippen molar-refractivity contribution in [1.29, 1.82) is 0 Å². The van der Waals surface area contributed by atoms with E-state index in [-0.39, 0.29) is 18.3 Å². The summed E-state index contributed by atoms with van der Waals surface area (Å²) in [4.78, 5) is 25.2.